The molecule has 0 aromatic heterocycles. The minimum absolute atomic E-state index is 0.0458. The minimum atomic E-state index is -0.349. The predicted octanol–water partition coefficient (Wildman–Crippen LogP) is 3.47. The molecule has 130 valence electrons. The van der Waals surface area contributed by atoms with Gasteiger partial charge in [-0.05, 0) is 37.1 Å². The van der Waals surface area contributed by atoms with E-state index < -0.39 is 0 Å². The Morgan fingerprint density at radius 1 is 0.920 bits per heavy atom. The predicted molar refractivity (Wildman–Crippen MR) is 95.7 cm³/mol. The number of para-hydroxylation sites is 2. The lowest BCUT2D eigenvalue weighted by Gasteiger charge is -2.31. The van der Waals surface area contributed by atoms with E-state index in [2.05, 4.69) is 10.6 Å². The van der Waals surface area contributed by atoms with Crippen molar-refractivity contribution in [3.8, 4) is 5.75 Å². The maximum Gasteiger partial charge on any atom is 0.415 e. The Morgan fingerprint density at radius 2 is 1.52 bits per heavy atom. The molecule has 25 heavy (non-hydrogen) atoms. The second kappa shape index (κ2) is 8.19. The number of anilines is 1. The van der Waals surface area contributed by atoms with Gasteiger partial charge < -0.3 is 20.3 Å². The van der Waals surface area contributed by atoms with Crippen LogP contribution in [0.25, 0.3) is 0 Å². The third-order valence-electron chi connectivity index (χ3n) is 4.07. The molecule has 1 aliphatic heterocycles. The summed E-state index contributed by atoms with van der Waals surface area (Å²) < 4.78 is 5.34. The number of piperidine rings is 1. The van der Waals surface area contributed by atoms with Crippen molar-refractivity contribution in [2.75, 3.05) is 18.4 Å². The van der Waals surface area contributed by atoms with Crippen molar-refractivity contribution in [1.29, 1.82) is 0 Å². The first-order chi connectivity index (χ1) is 12.2. The van der Waals surface area contributed by atoms with Crippen molar-refractivity contribution in [2.45, 2.75) is 18.9 Å². The van der Waals surface area contributed by atoms with Crippen LogP contribution < -0.4 is 15.4 Å². The minimum Gasteiger partial charge on any atom is -0.410 e. The molecule has 0 bridgehead atoms. The Hall–Kier alpha value is -3.02. The third kappa shape index (κ3) is 4.97. The Kier molecular flexibility index (Phi) is 5.51. The molecule has 6 heteroatoms. The zero-order chi connectivity index (χ0) is 17.5. The summed E-state index contributed by atoms with van der Waals surface area (Å²) in [4.78, 5) is 25.8. The van der Waals surface area contributed by atoms with E-state index in [-0.39, 0.29) is 18.2 Å². The average Bonchev–Trinajstić information content (AvgIpc) is 2.64. The number of nitrogens with zero attached hydrogens (tertiary/aromatic N) is 1. The summed E-state index contributed by atoms with van der Waals surface area (Å²) in [7, 11) is 0. The Labute approximate surface area is 146 Å². The SMILES string of the molecule is O=C(Nc1ccccc1)NC1CCN(C(=O)Oc2ccccc2)CC1. The van der Waals surface area contributed by atoms with Gasteiger partial charge in [-0.15, -0.1) is 0 Å². The van der Waals surface area contributed by atoms with Crippen molar-refractivity contribution in [3.63, 3.8) is 0 Å². The van der Waals surface area contributed by atoms with Crippen LogP contribution in [0, 0.1) is 0 Å². The summed E-state index contributed by atoms with van der Waals surface area (Å²) in [5.74, 6) is 0.537. The van der Waals surface area contributed by atoms with E-state index in [1.807, 2.05) is 48.5 Å². The standard InChI is InChI=1S/C19H21N3O3/c23-18(20-15-7-3-1-4-8-15)21-16-11-13-22(14-12-16)19(24)25-17-9-5-2-6-10-17/h1-10,16H,11-14H2,(H2,20,21,23). The number of ether oxygens (including phenoxy) is 1. The van der Waals surface area contributed by atoms with Crippen LogP contribution in [0.15, 0.2) is 60.7 Å². The highest BCUT2D eigenvalue weighted by Crippen LogP contribution is 2.15. The Bertz CT molecular complexity index is 698. The van der Waals surface area contributed by atoms with Gasteiger partial charge in [0.2, 0.25) is 0 Å². The molecule has 1 heterocycles. The number of carbonyl (C=O) groups is 2. The maximum atomic E-state index is 12.1. The molecule has 1 fully saturated rings. The van der Waals surface area contributed by atoms with Gasteiger partial charge >= 0.3 is 12.1 Å². The molecule has 6 nitrogen and oxygen atoms in total. The molecule has 2 aromatic carbocycles. The number of nitrogens with one attached hydrogen (secondary N) is 2. The van der Waals surface area contributed by atoms with Crippen molar-refractivity contribution in [2.24, 2.45) is 0 Å². The van der Waals surface area contributed by atoms with E-state index >= 15 is 0 Å². The molecule has 2 aromatic rings. The normalized spacial score (nSPS) is 14.6. The third-order valence-corrected chi connectivity index (χ3v) is 4.07. The topological polar surface area (TPSA) is 70.7 Å². The summed E-state index contributed by atoms with van der Waals surface area (Å²) in [6.07, 6.45) is 1.05. The zero-order valence-electron chi connectivity index (χ0n) is 13.9. The molecule has 3 amide bonds. The summed E-state index contributed by atoms with van der Waals surface area (Å²) in [5.41, 5.74) is 0.754. The van der Waals surface area contributed by atoms with Crippen LogP contribution in [0.1, 0.15) is 12.8 Å². The number of carbonyl (C=O) groups excluding carboxylic acids is 2. The molecular weight excluding hydrogens is 318 g/mol. The van der Waals surface area contributed by atoms with E-state index in [1.165, 1.54) is 0 Å². The van der Waals surface area contributed by atoms with Crippen molar-refractivity contribution in [3.05, 3.63) is 60.7 Å². The number of hydrogen-bond acceptors (Lipinski definition) is 3. The summed E-state index contributed by atoms with van der Waals surface area (Å²) in [6.45, 7) is 1.11. The lowest BCUT2D eigenvalue weighted by molar-refractivity contribution is 0.136. The van der Waals surface area contributed by atoms with Gasteiger partial charge in [0.25, 0.3) is 0 Å². The largest absolute Gasteiger partial charge is 0.415 e. The fraction of sp³-hybridized carbons (Fsp3) is 0.263. The van der Waals surface area contributed by atoms with Crippen LogP contribution in [0.3, 0.4) is 0 Å². The van der Waals surface area contributed by atoms with Gasteiger partial charge in [0.15, 0.2) is 0 Å². The second-order valence-corrected chi connectivity index (χ2v) is 5.91. The fourth-order valence-corrected chi connectivity index (χ4v) is 2.73. The quantitative estimate of drug-likeness (QED) is 0.899. The van der Waals surface area contributed by atoms with Gasteiger partial charge in [-0.2, -0.15) is 0 Å². The van der Waals surface area contributed by atoms with Gasteiger partial charge in [0, 0.05) is 24.8 Å². The highest BCUT2D eigenvalue weighted by atomic mass is 16.6. The molecule has 1 aliphatic rings. The van der Waals surface area contributed by atoms with Gasteiger partial charge in [-0.1, -0.05) is 36.4 Å². The smallest absolute Gasteiger partial charge is 0.410 e. The molecule has 0 aliphatic carbocycles. The zero-order valence-corrected chi connectivity index (χ0v) is 13.9. The van der Waals surface area contributed by atoms with E-state index in [0.29, 0.717) is 31.7 Å². The average molecular weight is 339 g/mol. The highest BCUT2D eigenvalue weighted by Gasteiger charge is 2.25. The van der Waals surface area contributed by atoms with Gasteiger partial charge in [0.05, 0.1) is 0 Å². The molecule has 3 rings (SSSR count). The van der Waals surface area contributed by atoms with Crippen molar-refractivity contribution in [1.82, 2.24) is 10.2 Å². The fourth-order valence-electron chi connectivity index (χ4n) is 2.73. The van der Waals surface area contributed by atoms with Crippen molar-refractivity contribution < 1.29 is 14.3 Å². The number of hydrogen-bond donors (Lipinski definition) is 2. The van der Waals surface area contributed by atoms with Crippen LogP contribution in [-0.2, 0) is 0 Å². The van der Waals surface area contributed by atoms with Crippen LogP contribution in [0.5, 0.6) is 5.75 Å². The van der Waals surface area contributed by atoms with Gasteiger partial charge in [-0.25, -0.2) is 9.59 Å². The first-order valence-electron chi connectivity index (χ1n) is 8.35. The van der Waals surface area contributed by atoms with E-state index in [1.54, 1.807) is 17.0 Å². The lowest BCUT2D eigenvalue weighted by atomic mass is 10.1. The summed E-state index contributed by atoms with van der Waals surface area (Å²) >= 11 is 0. The first-order valence-corrected chi connectivity index (χ1v) is 8.35. The van der Waals surface area contributed by atoms with Gasteiger partial charge in [0.1, 0.15) is 5.75 Å². The number of rotatable bonds is 3. The maximum absolute atomic E-state index is 12.1. The van der Waals surface area contributed by atoms with E-state index in [4.69, 9.17) is 4.74 Å². The Morgan fingerprint density at radius 3 is 2.16 bits per heavy atom. The molecule has 1 saturated heterocycles. The summed E-state index contributed by atoms with van der Waals surface area (Å²) in [6, 6.07) is 18.1. The number of benzene rings is 2. The Balaban J connectivity index is 1.42. The second-order valence-electron chi connectivity index (χ2n) is 5.91. The number of amides is 3. The molecule has 0 saturated carbocycles. The van der Waals surface area contributed by atoms with E-state index in [9.17, 15) is 9.59 Å². The van der Waals surface area contributed by atoms with Crippen molar-refractivity contribution >= 4 is 17.8 Å². The number of urea groups is 1. The monoisotopic (exact) mass is 339 g/mol. The molecule has 0 atom stereocenters. The van der Waals surface area contributed by atoms with Crippen LogP contribution in [-0.4, -0.2) is 36.2 Å². The van der Waals surface area contributed by atoms with Gasteiger partial charge in [-0.3, -0.25) is 0 Å². The van der Waals surface area contributed by atoms with E-state index in [0.717, 1.165) is 5.69 Å². The molecule has 2 N–H and O–H groups in total. The lowest BCUT2D eigenvalue weighted by Crippen LogP contribution is -2.48. The molecule has 0 radical (unpaired) electrons. The van der Waals surface area contributed by atoms with Crippen LogP contribution in [0.4, 0.5) is 15.3 Å². The number of likely N-dealkylation sites (tertiary alicyclic amines) is 1. The highest BCUT2D eigenvalue weighted by molar-refractivity contribution is 5.89. The van der Waals surface area contributed by atoms with Crippen LogP contribution in [0.2, 0.25) is 0 Å². The molecule has 0 spiro atoms. The first kappa shape index (κ1) is 16.8. The molecular formula is C19H21N3O3. The summed E-state index contributed by atoms with van der Waals surface area (Å²) in [5, 5.41) is 5.75. The van der Waals surface area contributed by atoms with Crippen LogP contribution >= 0.6 is 0 Å². The molecule has 0 unspecified atom stereocenters.